The molecular formula is C19H20N2O4S. The molecule has 1 heterocycles. The van der Waals surface area contributed by atoms with Gasteiger partial charge in [0.1, 0.15) is 10.6 Å². The van der Waals surface area contributed by atoms with Gasteiger partial charge in [-0.1, -0.05) is 24.2 Å². The topological polar surface area (TPSA) is 81.4 Å². The molecule has 2 aromatic carbocycles. The highest BCUT2D eigenvalue weighted by Crippen LogP contribution is 2.41. The number of sulfonamides is 1. The van der Waals surface area contributed by atoms with Crippen LogP contribution in [0.5, 0.6) is 5.75 Å². The van der Waals surface area contributed by atoms with E-state index in [0.29, 0.717) is 22.6 Å². The highest BCUT2D eigenvalue weighted by molar-refractivity contribution is 7.92. The van der Waals surface area contributed by atoms with Gasteiger partial charge in [-0.3, -0.25) is 4.72 Å². The molecule has 136 valence electrons. The Bertz CT molecular complexity index is 1070. The van der Waals surface area contributed by atoms with Crippen LogP contribution in [0.3, 0.4) is 0 Å². The molecule has 0 saturated heterocycles. The lowest BCUT2D eigenvalue weighted by Crippen LogP contribution is -2.15. The second kappa shape index (κ2) is 6.32. The number of aryl methyl sites for hydroxylation is 1. The molecule has 0 bridgehead atoms. The molecule has 0 amide bonds. The van der Waals surface area contributed by atoms with Crippen LogP contribution < -0.4 is 9.46 Å². The van der Waals surface area contributed by atoms with Gasteiger partial charge in [0.15, 0.2) is 11.4 Å². The maximum absolute atomic E-state index is 12.9. The van der Waals surface area contributed by atoms with Crippen molar-refractivity contribution in [3.05, 3.63) is 47.5 Å². The van der Waals surface area contributed by atoms with E-state index in [2.05, 4.69) is 9.88 Å². The maximum atomic E-state index is 12.9. The lowest BCUT2D eigenvalue weighted by atomic mass is 10.1. The zero-order chi connectivity index (χ0) is 18.3. The Labute approximate surface area is 152 Å². The number of ether oxygens (including phenoxy) is 1. The van der Waals surface area contributed by atoms with Crippen molar-refractivity contribution in [3.8, 4) is 5.75 Å². The van der Waals surface area contributed by atoms with Gasteiger partial charge < -0.3 is 9.26 Å². The van der Waals surface area contributed by atoms with Crippen molar-refractivity contribution >= 4 is 26.8 Å². The summed E-state index contributed by atoms with van der Waals surface area (Å²) in [4.78, 5) is 0.0915. The van der Waals surface area contributed by atoms with Crippen LogP contribution in [0.2, 0.25) is 0 Å². The number of aromatic nitrogens is 1. The molecule has 26 heavy (non-hydrogen) atoms. The zero-order valence-corrected chi connectivity index (χ0v) is 15.5. The van der Waals surface area contributed by atoms with Crippen LogP contribution >= 0.6 is 0 Å². The number of methoxy groups -OCH3 is 1. The van der Waals surface area contributed by atoms with Crippen molar-refractivity contribution in [1.82, 2.24) is 5.16 Å². The number of nitrogens with zero attached hydrogens (tertiary/aromatic N) is 1. The molecular weight excluding hydrogens is 352 g/mol. The van der Waals surface area contributed by atoms with Gasteiger partial charge in [-0.2, -0.15) is 0 Å². The maximum Gasteiger partial charge on any atom is 0.266 e. The average molecular weight is 372 g/mol. The molecule has 6 nitrogen and oxygen atoms in total. The molecule has 1 fully saturated rings. The number of rotatable bonds is 6. The third kappa shape index (κ3) is 3.03. The van der Waals surface area contributed by atoms with Crippen molar-refractivity contribution in [2.75, 3.05) is 11.8 Å². The Morgan fingerprint density at radius 3 is 2.73 bits per heavy atom. The average Bonchev–Trinajstić information content (AvgIpc) is 3.43. The molecule has 1 saturated carbocycles. The summed E-state index contributed by atoms with van der Waals surface area (Å²) >= 11 is 0. The van der Waals surface area contributed by atoms with Gasteiger partial charge >= 0.3 is 0 Å². The molecule has 1 N–H and O–H groups in total. The molecule has 1 aromatic heterocycles. The molecule has 0 spiro atoms. The number of fused-ring (bicyclic) bond motifs is 1. The van der Waals surface area contributed by atoms with E-state index in [4.69, 9.17) is 9.26 Å². The molecule has 4 rings (SSSR count). The fourth-order valence-electron chi connectivity index (χ4n) is 3.03. The normalized spacial score (nSPS) is 14.5. The molecule has 0 radical (unpaired) electrons. The predicted octanol–water partition coefficient (Wildman–Crippen LogP) is 4.08. The van der Waals surface area contributed by atoms with Crippen LogP contribution in [0.1, 0.15) is 36.8 Å². The smallest absolute Gasteiger partial charge is 0.266 e. The van der Waals surface area contributed by atoms with E-state index < -0.39 is 10.0 Å². The minimum absolute atomic E-state index is 0.0915. The first kappa shape index (κ1) is 16.9. The summed E-state index contributed by atoms with van der Waals surface area (Å²) in [6.45, 7) is 1.97. The number of benzene rings is 2. The predicted molar refractivity (Wildman–Crippen MR) is 99.2 cm³/mol. The van der Waals surface area contributed by atoms with Gasteiger partial charge in [-0.25, -0.2) is 8.42 Å². The van der Waals surface area contributed by atoms with Crippen molar-refractivity contribution < 1.29 is 17.7 Å². The summed E-state index contributed by atoms with van der Waals surface area (Å²) in [6.07, 6.45) is 3.06. The van der Waals surface area contributed by atoms with E-state index in [1.165, 1.54) is 25.5 Å². The van der Waals surface area contributed by atoms with Gasteiger partial charge in [0, 0.05) is 0 Å². The Hall–Kier alpha value is -2.54. The van der Waals surface area contributed by atoms with Gasteiger partial charge in [-0.05, 0) is 60.6 Å². The van der Waals surface area contributed by atoms with Crippen molar-refractivity contribution in [1.29, 1.82) is 0 Å². The van der Waals surface area contributed by atoms with E-state index in [9.17, 15) is 8.42 Å². The molecule has 1 aliphatic rings. The van der Waals surface area contributed by atoms with E-state index in [-0.39, 0.29) is 10.7 Å². The van der Waals surface area contributed by atoms with Crippen LogP contribution in [0.25, 0.3) is 11.0 Å². The standard InChI is InChI=1S/C19H20N2O4S/c1-3-12-4-8-17(24-2)18(10-12)26(22,23)21-19-15-11-14(13-5-6-13)7-9-16(15)25-20-19/h4,7-11,13H,3,5-6H2,1-2H3,(H,20,21). The van der Waals surface area contributed by atoms with E-state index in [1.807, 2.05) is 31.2 Å². The first-order chi connectivity index (χ1) is 12.5. The second-order valence-electron chi connectivity index (χ2n) is 6.51. The summed E-state index contributed by atoms with van der Waals surface area (Å²) in [7, 11) is -2.41. The van der Waals surface area contributed by atoms with Crippen LogP contribution in [0.15, 0.2) is 45.8 Å². The molecule has 1 aliphatic carbocycles. The van der Waals surface area contributed by atoms with Crippen LogP contribution in [0, 0.1) is 0 Å². The fraction of sp³-hybridized carbons (Fsp3) is 0.316. The second-order valence-corrected chi connectivity index (χ2v) is 8.16. The van der Waals surface area contributed by atoms with Crippen molar-refractivity contribution in [2.24, 2.45) is 0 Å². The zero-order valence-electron chi connectivity index (χ0n) is 14.7. The molecule has 0 unspecified atom stereocenters. The molecule has 0 aliphatic heterocycles. The first-order valence-corrected chi connectivity index (χ1v) is 10.1. The molecule has 0 atom stereocenters. The van der Waals surface area contributed by atoms with Crippen molar-refractivity contribution in [3.63, 3.8) is 0 Å². The summed E-state index contributed by atoms with van der Waals surface area (Å²) < 4.78 is 39.0. The largest absolute Gasteiger partial charge is 0.495 e. The molecule has 7 heteroatoms. The summed E-state index contributed by atoms with van der Waals surface area (Å²) in [5.74, 6) is 1.05. The van der Waals surface area contributed by atoms with E-state index >= 15 is 0 Å². The van der Waals surface area contributed by atoms with Crippen LogP contribution in [0.4, 0.5) is 5.82 Å². The highest BCUT2D eigenvalue weighted by atomic mass is 32.2. The van der Waals surface area contributed by atoms with Gasteiger partial charge in [-0.15, -0.1) is 0 Å². The minimum Gasteiger partial charge on any atom is -0.495 e. The number of hydrogen-bond acceptors (Lipinski definition) is 5. The Balaban J connectivity index is 1.74. The number of hydrogen-bond donors (Lipinski definition) is 1. The fourth-order valence-corrected chi connectivity index (χ4v) is 4.27. The van der Waals surface area contributed by atoms with Gasteiger partial charge in [0.2, 0.25) is 0 Å². The highest BCUT2D eigenvalue weighted by Gasteiger charge is 2.26. The SMILES string of the molecule is CCc1ccc(OC)c(S(=O)(=O)Nc2noc3ccc(C4CC4)cc23)c1. The summed E-state index contributed by atoms with van der Waals surface area (Å²) in [6, 6.07) is 11.0. The lowest BCUT2D eigenvalue weighted by molar-refractivity contribution is 0.402. The molecule has 3 aromatic rings. The lowest BCUT2D eigenvalue weighted by Gasteiger charge is -2.11. The Morgan fingerprint density at radius 1 is 1.23 bits per heavy atom. The number of anilines is 1. The summed E-state index contributed by atoms with van der Waals surface area (Å²) in [5.41, 5.74) is 2.65. The van der Waals surface area contributed by atoms with Crippen LogP contribution in [-0.4, -0.2) is 20.7 Å². The minimum atomic E-state index is -3.87. The van der Waals surface area contributed by atoms with Gasteiger partial charge in [0.05, 0.1) is 12.5 Å². The Kier molecular flexibility index (Phi) is 4.11. The third-order valence-corrected chi connectivity index (χ3v) is 6.06. The van der Waals surface area contributed by atoms with Crippen molar-refractivity contribution in [2.45, 2.75) is 37.0 Å². The van der Waals surface area contributed by atoms with Gasteiger partial charge in [0.25, 0.3) is 10.0 Å². The monoisotopic (exact) mass is 372 g/mol. The number of nitrogens with one attached hydrogen (secondary N) is 1. The quantitative estimate of drug-likeness (QED) is 0.705. The van der Waals surface area contributed by atoms with E-state index in [1.54, 1.807) is 12.1 Å². The Morgan fingerprint density at radius 2 is 2.04 bits per heavy atom. The third-order valence-electron chi connectivity index (χ3n) is 4.70. The summed E-state index contributed by atoms with van der Waals surface area (Å²) in [5, 5.41) is 4.59. The van der Waals surface area contributed by atoms with E-state index in [0.717, 1.165) is 12.0 Å². The first-order valence-electron chi connectivity index (χ1n) is 8.61. The van der Waals surface area contributed by atoms with Crippen LogP contribution in [-0.2, 0) is 16.4 Å².